The van der Waals surface area contributed by atoms with Crippen molar-refractivity contribution in [2.45, 2.75) is 13.5 Å². The summed E-state index contributed by atoms with van der Waals surface area (Å²) in [4.78, 5) is 28.2. The summed E-state index contributed by atoms with van der Waals surface area (Å²) in [6.45, 7) is 2.51. The van der Waals surface area contributed by atoms with Gasteiger partial charge >= 0.3 is 0 Å². The van der Waals surface area contributed by atoms with Gasteiger partial charge in [0.25, 0.3) is 11.5 Å². The zero-order chi connectivity index (χ0) is 17.6. The number of aromatic nitrogens is 3. The first-order chi connectivity index (χ1) is 12.1. The van der Waals surface area contributed by atoms with Gasteiger partial charge in [-0.05, 0) is 36.8 Å². The zero-order valence-corrected chi connectivity index (χ0v) is 13.8. The summed E-state index contributed by atoms with van der Waals surface area (Å²) < 4.78 is 1.36. The van der Waals surface area contributed by atoms with E-state index in [1.165, 1.54) is 10.7 Å². The van der Waals surface area contributed by atoms with Gasteiger partial charge in [0, 0.05) is 36.1 Å². The molecule has 2 aromatic heterocycles. The van der Waals surface area contributed by atoms with Gasteiger partial charge in [-0.3, -0.25) is 14.6 Å². The first kappa shape index (κ1) is 16.6. The molecule has 0 aliphatic heterocycles. The first-order valence-corrected chi connectivity index (χ1v) is 7.97. The highest BCUT2D eigenvalue weighted by molar-refractivity contribution is 5.95. The van der Waals surface area contributed by atoms with Crippen molar-refractivity contribution >= 4 is 5.91 Å². The third-order valence-electron chi connectivity index (χ3n) is 3.84. The average molecular weight is 334 g/mol. The molecule has 0 aliphatic carbocycles. The molecule has 1 N–H and O–H groups in total. The van der Waals surface area contributed by atoms with E-state index >= 15 is 0 Å². The smallest absolute Gasteiger partial charge is 0.266 e. The summed E-state index contributed by atoms with van der Waals surface area (Å²) >= 11 is 0. The fourth-order valence-electron chi connectivity index (χ4n) is 2.48. The zero-order valence-electron chi connectivity index (χ0n) is 13.8. The van der Waals surface area contributed by atoms with Crippen LogP contribution >= 0.6 is 0 Å². The fourth-order valence-corrected chi connectivity index (χ4v) is 2.48. The number of hydrogen-bond acceptors (Lipinski definition) is 4. The molecule has 0 unspecified atom stereocenters. The summed E-state index contributed by atoms with van der Waals surface area (Å²) in [6.07, 6.45) is 3.35. The molecule has 0 aliphatic rings. The van der Waals surface area contributed by atoms with Crippen LogP contribution in [-0.4, -0.2) is 27.2 Å². The van der Waals surface area contributed by atoms with Crippen molar-refractivity contribution < 1.29 is 4.79 Å². The van der Waals surface area contributed by atoms with Crippen LogP contribution in [0.25, 0.3) is 11.3 Å². The number of rotatable bonds is 5. The van der Waals surface area contributed by atoms with Gasteiger partial charge in [0.05, 0.1) is 12.2 Å². The van der Waals surface area contributed by atoms with E-state index in [0.29, 0.717) is 24.3 Å². The number of aryl methyl sites for hydroxylation is 1. The lowest BCUT2D eigenvalue weighted by molar-refractivity contribution is 0.0951. The van der Waals surface area contributed by atoms with Gasteiger partial charge in [0.1, 0.15) is 0 Å². The molecule has 1 amide bonds. The largest absolute Gasteiger partial charge is 0.350 e. The van der Waals surface area contributed by atoms with Crippen LogP contribution in [0, 0.1) is 6.92 Å². The van der Waals surface area contributed by atoms with Gasteiger partial charge in [0.2, 0.25) is 0 Å². The molecule has 1 aromatic carbocycles. The standard InChI is InChI=1S/C19H18N4O2/c1-14-4-2-3-5-16(14)19(25)21-12-13-23-18(24)7-6-17(22-23)15-8-10-20-11-9-15/h2-11H,12-13H2,1H3,(H,21,25). The lowest BCUT2D eigenvalue weighted by atomic mass is 10.1. The maximum absolute atomic E-state index is 12.2. The minimum atomic E-state index is -0.206. The summed E-state index contributed by atoms with van der Waals surface area (Å²) in [5, 5.41) is 7.18. The molecule has 0 radical (unpaired) electrons. The molecule has 0 saturated carbocycles. The monoisotopic (exact) mass is 334 g/mol. The lowest BCUT2D eigenvalue weighted by Crippen LogP contribution is -2.32. The van der Waals surface area contributed by atoms with Crippen LogP contribution < -0.4 is 10.9 Å². The Morgan fingerprint density at radius 2 is 1.84 bits per heavy atom. The Bertz CT molecular complexity index is 935. The molecule has 3 aromatic rings. The van der Waals surface area contributed by atoms with Gasteiger partial charge in [-0.1, -0.05) is 18.2 Å². The molecule has 2 heterocycles. The second-order valence-corrected chi connectivity index (χ2v) is 5.59. The van der Waals surface area contributed by atoms with E-state index in [2.05, 4.69) is 15.4 Å². The van der Waals surface area contributed by atoms with E-state index in [1.54, 1.807) is 24.5 Å². The number of nitrogens with zero attached hydrogens (tertiary/aromatic N) is 3. The fraction of sp³-hybridized carbons (Fsp3) is 0.158. The first-order valence-electron chi connectivity index (χ1n) is 7.97. The van der Waals surface area contributed by atoms with Crippen LogP contribution in [0.1, 0.15) is 15.9 Å². The second kappa shape index (κ2) is 7.53. The normalized spacial score (nSPS) is 10.4. The topological polar surface area (TPSA) is 76.9 Å². The third kappa shape index (κ3) is 3.98. The molecular formula is C19H18N4O2. The van der Waals surface area contributed by atoms with Gasteiger partial charge in [-0.15, -0.1) is 0 Å². The van der Waals surface area contributed by atoms with Crippen LogP contribution in [-0.2, 0) is 6.54 Å². The maximum Gasteiger partial charge on any atom is 0.266 e. The minimum absolute atomic E-state index is 0.156. The highest BCUT2D eigenvalue weighted by Crippen LogP contribution is 2.13. The summed E-state index contributed by atoms with van der Waals surface area (Å²) in [5.74, 6) is -0.156. The second-order valence-electron chi connectivity index (χ2n) is 5.59. The molecule has 3 rings (SSSR count). The van der Waals surface area contributed by atoms with Crippen LogP contribution in [0.15, 0.2) is 65.7 Å². The summed E-state index contributed by atoms with van der Waals surface area (Å²) in [7, 11) is 0. The quantitative estimate of drug-likeness (QED) is 0.775. The van der Waals surface area contributed by atoms with Crippen molar-refractivity contribution in [3.05, 3.63) is 82.4 Å². The van der Waals surface area contributed by atoms with Crippen LogP contribution in [0.2, 0.25) is 0 Å². The Hall–Kier alpha value is -3.28. The SMILES string of the molecule is Cc1ccccc1C(=O)NCCn1nc(-c2ccncc2)ccc1=O. The number of nitrogens with one attached hydrogen (secondary N) is 1. The molecular weight excluding hydrogens is 316 g/mol. The molecule has 6 heteroatoms. The van der Waals surface area contributed by atoms with Crippen molar-refractivity contribution in [1.29, 1.82) is 0 Å². The molecule has 126 valence electrons. The van der Waals surface area contributed by atoms with Crippen LogP contribution in [0.3, 0.4) is 0 Å². The van der Waals surface area contributed by atoms with E-state index in [9.17, 15) is 9.59 Å². The Labute approximate surface area is 145 Å². The predicted octanol–water partition coefficient (Wildman–Crippen LogP) is 2.04. The highest BCUT2D eigenvalue weighted by Gasteiger charge is 2.08. The maximum atomic E-state index is 12.2. The number of amides is 1. The van der Waals surface area contributed by atoms with Gasteiger partial charge < -0.3 is 5.32 Å². The molecule has 0 saturated heterocycles. The van der Waals surface area contributed by atoms with E-state index in [0.717, 1.165) is 11.1 Å². The molecule has 0 spiro atoms. The predicted molar refractivity (Wildman–Crippen MR) is 95.2 cm³/mol. The van der Waals surface area contributed by atoms with Crippen molar-refractivity contribution in [3.8, 4) is 11.3 Å². The Kier molecular flexibility index (Phi) is 4.99. The summed E-state index contributed by atoms with van der Waals surface area (Å²) in [5.41, 5.74) is 2.91. The van der Waals surface area contributed by atoms with Crippen LogP contribution in [0.4, 0.5) is 0 Å². The van der Waals surface area contributed by atoms with Crippen molar-refractivity contribution in [2.75, 3.05) is 6.54 Å². The molecule has 25 heavy (non-hydrogen) atoms. The van der Waals surface area contributed by atoms with Crippen molar-refractivity contribution in [1.82, 2.24) is 20.1 Å². The lowest BCUT2D eigenvalue weighted by Gasteiger charge is -2.09. The van der Waals surface area contributed by atoms with E-state index in [-0.39, 0.29) is 11.5 Å². The number of pyridine rings is 1. The van der Waals surface area contributed by atoms with E-state index < -0.39 is 0 Å². The van der Waals surface area contributed by atoms with Gasteiger partial charge in [0.15, 0.2) is 0 Å². The summed E-state index contributed by atoms with van der Waals surface area (Å²) in [6, 6.07) is 14.2. The van der Waals surface area contributed by atoms with Crippen LogP contribution in [0.5, 0.6) is 0 Å². The Morgan fingerprint density at radius 3 is 2.60 bits per heavy atom. The third-order valence-corrected chi connectivity index (χ3v) is 3.84. The molecule has 6 nitrogen and oxygen atoms in total. The van der Waals surface area contributed by atoms with E-state index in [4.69, 9.17) is 0 Å². The van der Waals surface area contributed by atoms with Gasteiger partial charge in [-0.2, -0.15) is 5.10 Å². The number of carbonyl (C=O) groups excluding carboxylic acids is 1. The van der Waals surface area contributed by atoms with Gasteiger partial charge in [-0.25, -0.2) is 4.68 Å². The minimum Gasteiger partial charge on any atom is -0.350 e. The van der Waals surface area contributed by atoms with Crippen molar-refractivity contribution in [3.63, 3.8) is 0 Å². The molecule has 0 fully saturated rings. The average Bonchev–Trinajstić information content (AvgIpc) is 2.64. The molecule has 0 bridgehead atoms. The Balaban J connectivity index is 1.68. The number of carbonyl (C=O) groups is 1. The van der Waals surface area contributed by atoms with Crippen molar-refractivity contribution in [2.24, 2.45) is 0 Å². The Morgan fingerprint density at radius 1 is 1.08 bits per heavy atom. The molecule has 0 atom stereocenters. The van der Waals surface area contributed by atoms with E-state index in [1.807, 2.05) is 37.3 Å². The number of benzene rings is 1. The highest BCUT2D eigenvalue weighted by atomic mass is 16.2. The number of hydrogen-bond donors (Lipinski definition) is 1.